The van der Waals surface area contributed by atoms with E-state index in [0.29, 0.717) is 12.8 Å². The number of halogens is 2. The SMILES string of the molecule is CN(CC1(O)CCCC1)S(=O)(=O)c1cccc(Cl)c1F. The maximum absolute atomic E-state index is 13.9. The molecule has 1 N–H and O–H groups in total. The molecule has 7 heteroatoms. The van der Waals surface area contributed by atoms with E-state index in [2.05, 4.69) is 0 Å². The molecule has 4 nitrogen and oxygen atoms in total. The van der Waals surface area contributed by atoms with Gasteiger partial charge in [-0.3, -0.25) is 0 Å². The zero-order valence-corrected chi connectivity index (χ0v) is 12.7. The number of likely N-dealkylation sites (N-methyl/N-ethyl adjacent to an activating group) is 1. The summed E-state index contributed by atoms with van der Waals surface area (Å²) in [7, 11) is -2.66. The monoisotopic (exact) mass is 321 g/mol. The third-order valence-electron chi connectivity index (χ3n) is 3.66. The largest absolute Gasteiger partial charge is 0.389 e. The summed E-state index contributed by atoms with van der Waals surface area (Å²) in [4.78, 5) is -0.464. The van der Waals surface area contributed by atoms with Gasteiger partial charge in [0.1, 0.15) is 4.90 Å². The predicted octanol–water partition coefficient (Wildman–Crippen LogP) is 2.40. The van der Waals surface area contributed by atoms with Crippen molar-refractivity contribution in [1.29, 1.82) is 0 Å². The Morgan fingerprint density at radius 3 is 2.60 bits per heavy atom. The lowest BCUT2D eigenvalue weighted by Gasteiger charge is -2.28. The first-order chi connectivity index (χ1) is 9.26. The molecule has 1 aromatic rings. The zero-order chi connectivity index (χ0) is 15.0. The van der Waals surface area contributed by atoms with Crippen LogP contribution in [0.15, 0.2) is 23.1 Å². The van der Waals surface area contributed by atoms with Crippen LogP contribution >= 0.6 is 11.6 Å². The number of aliphatic hydroxyl groups is 1. The Morgan fingerprint density at radius 1 is 1.40 bits per heavy atom. The molecule has 0 radical (unpaired) electrons. The molecular formula is C13H17ClFNO3S. The van der Waals surface area contributed by atoms with E-state index in [9.17, 15) is 17.9 Å². The molecule has 1 saturated carbocycles. The Balaban J connectivity index is 2.28. The van der Waals surface area contributed by atoms with Crippen LogP contribution in [0.1, 0.15) is 25.7 Å². The molecule has 0 heterocycles. The molecule has 0 saturated heterocycles. The highest BCUT2D eigenvalue weighted by Crippen LogP contribution is 2.32. The van der Waals surface area contributed by atoms with Crippen LogP contribution in [-0.4, -0.2) is 37.0 Å². The molecule has 0 aliphatic heterocycles. The van der Waals surface area contributed by atoms with Gasteiger partial charge in [-0.15, -0.1) is 0 Å². The standard InChI is InChI=1S/C13H17ClFNO3S/c1-16(9-13(17)7-2-3-8-13)20(18,19)11-6-4-5-10(14)12(11)15/h4-6,17H,2-3,7-9H2,1H3. The summed E-state index contributed by atoms with van der Waals surface area (Å²) >= 11 is 5.61. The van der Waals surface area contributed by atoms with Crippen molar-refractivity contribution in [2.24, 2.45) is 0 Å². The van der Waals surface area contributed by atoms with Crippen LogP contribution in [0.4, 0.5) is 4.39 Å². The average Bonchev–Trinajstić information content (AvgIpc) is 2.79. The topological polar surface area (TPSA) is 57.6 Å². The minimum absolute atomic E-state index is 0.0404. The minimum atomic E-state index is -4.00. The predicted molar refractivity (Wildman–Crippen MR) is 74.6 cm³/mol. The summed E-state index contributed by atoms with van der Waals surface area (Å²) in [6.45, 7) is -0.0404. The van der Waals surface area contributed by atoms with Gasteiger partial charge in [0.05, 0.1) is 10.6 Å². The Bertz CT molecular complexity index is 600. The van der Waals surface area contributed by atoms with Crippen LogP contribution in [0, 0.1) is 5.82 Å². The minimum Gasteiger partial charge on any atom is -0.389 e. The van der Waals surface area contributed by atoms with Crippen molar-refractivity contribution in [3.63, 3.8) is 0 Å². The molecule has 1 aromatic carbocycles. The van der Waals surface area contributed by atoms with Gasteiger partial charge in [-0.05, 0) is 25.0 Å². The van der Waals surface area contributed by atoms with Crippen molar-refractivity contribution in [1.82, 2.24) is 4.31 Å². The average molecular weight is 322 g/mol. The van der Waals surface area contributed by atoms with Gasteiger partial charge in [0, 0.05) is 13.6 Å². The highest BCUT2D eigenvalue weighted by molar-refractivity contribution is 7.89. The van der Waals surface area contributed by atoms with Crippen LogP contribution in [-0.2, 0) is 10.0 Å². The summed E-state index contributed by atoms with van der Waals surface area (Å²) < 4.78 is 39.6. The van der Waals surface area contributed by atoms with Gasteiger partial charge < -0.3 is 5.11 Å². The lowest BCUT2D eigenvalue weighted by molar-refractivity contribution is 0.0333. The fourth-order valence-corrected chi connectivity index (χ4v) is 4.11. The quantitative estimate of drug-likeness (QED) is 0.926. The van der Waals surface area contributed by atoms with E-state index in [4.69, 9.17) is 11.6 Å². The van der Waals surface area contributed by atoms with Crippen molar-refractivity contribution >= 4 is 21.6 Å². The number of hydrogen-bond acceptors (Lipinski definition) is 3. The first-order valence-electron chi connectivity index (χ1n) is 6.39. The van der Waals surface area contributed by atoms with Crippen molar-refractivity contribution in [2.75, 3.05) is 13.6 Å². The molecule has 0 unspecified atom stereocenters. The van der Waals surface area contributed by atoms with Gasteiger partial charge in [-0.25, -0.2) is 12.8 Å². The number of hydrogen-bond donors (Lipinski definition) is 1. The van der Waals surface area contributed by atoms with E-state index in [1.165, 1.54) is 25.2 Å². The van der Waals surface area contributed by atoms with Crippen LogP contribution in [0.2, 0.25) is 5.02 Å². The molecule has 1 aliphatic carbocycles. The lowest BCUT2D eigenvalue weighted by Crippen LogP contribution is -2.42. The zero-order valence-electron chi connectivity index (χ0n) is 11.1. The molecule has 2 rings (SSSR count). The molecule has 0 atom stereocenters. The van der Waals surface area contributed by atoms with Gasteiger partial charge in [-0.2, -0.15) is 4.31 Å². The first kappa shape index (κ1) is 15.7. The molecule has 0 spiro atoms. The van der Waals surface area contributed by atoms with Gasteiger partial charge in [0.25, 0.3) is 0 Å². The maximum atomic E-state index is 13.9. The molecule has 0 bridgehead atoms. The summed E-state index contributed by atoms with van der Waals surface area (Å²) in [6.07, 6.45) is 2.86. The van der Waals surface area contributed by atoms with E-state index in [1.54, 1.807) is 0 Å². The molecule has 0 amide bonds. The highest BCUT2D eigenvalue weighted by atomic mass is 35.5. The summed E-state index contributed by atoms with van der Waals surface area (Å²) in [5.74, 6) is -0.959. The summed E-state index contributed by atoms with van der Waals surface area (Å²) in [6, 6.07) is 3.85. The van der Waals surface area contributed by atoms with E-state index in [-0.39, 0.29) is 11.6 Å². The van der Waals surface area contributed by atoms with Gasteiger partial charge in [0.2, 0.25) is 10.0 Å². The summed E-state index contributed by atoms with van der Waals surface area (Å²) in [5, 5.41) is 10.0. The van der Waals surface area contributed by atoms with E-state index < -0.39 is 26.3 Å². The van der Waals surface area contributed by atoms with Crippen molar-refractivity contribution < 1.29 is 17.9 Å². The second-order valence-electron chi connectivity index (χ2n) is 5.24. The highest BCUT2D eigenvalue weighted by Gasteiger charge is 2.36. The second kappa shape index (κ2) is 5.60. The molecule has 0 aromatic heterocycles. The van der Waals surface area contributed by atoms with Crippen LogP contribution in [0.5, 0.6) is 0 Å². The maximum Gasteiger partial charge on any atom is 0.245 e. The number of nitrogens with zero attached hydrogens (tertiary/aromatic N) is 1. The van der Waals surface area contributed by atoms with Crippen molar-refractivity contribution in [3.05, 3.63) is 29.0 Å². The first-order valence-corrected chi connectivity index (χ1v) is 8.21. The second-order valence-corrected chi connectivity index (χ2v) is 7.66. The van der Waals surface area contributed by atoms with E-state index >= 15 is 0 Å². The van der Waals surface area contributed by atoms with Crippen molar-refractivity contribution in [2.45, 2.75) is 36.2 Å². The van der Waals surface area contributed by atoms with Gasteiger partial charge in [-0.1, -0.05) is 30.5 Å². The Labute approximate surface area is 123 Å². The summed E-state index contributed by atoms with van der Waals surface area (Å²) in [5.41, 5.74) is -1.02. The van der Waals surface area contributed by atoms with E-state index in [1.807, 2.05) is 0 Å². The smallest absolute Gasteiger partial charge is 0.245 e. The normalized spacial score (nSPS) is 18.6. The molecule has 1 aliphatic rings. The number of benzene rings is 1. The van der Waals surface area contributed by atoms with E-state index in [0.717, 1.165) is 17.1 Å². The molecule has 20 heavy (non-hydrogen) atoms. The van der Waals surface area contributed by atoms with Gasteiger partial charge >= 0.3 is 0 Å². The lowest BCUT2D eigenvalue weighted by atomic mass is 10.0. The van der Waals surface area contributed by atoms with Gasteiger partial charge in [0.15, 0.2) is 5.82 Å². The van der Waals surface area contributed by atoms with Crippen LogP contribution < -0.4 is 0 Å². The van der Waals surface area contributed by atoms with Crippen LogP contribution in [0.3, 0.4) is 0 Å². The molecule has 1 fully saturated rings. The molecular weight excluding hydrogens is 305 g/mol. The fourth-order valence-electron chi connectivity index (χ4n) is 2.54. The van der Waals surface area contributed by atoms with Crippen molar-refractivity contribution in [3.8, 4) is 0 Å². The fraction of sp³-hybridized carbons (Fsp3) is 0.538. The third-order valence-corrected chi connectivity index (χ3v) is 5.77. The number of rotatable bonds is 4. The Morgan fingerprint density at radius 2 is 2.00 bits per heavy atom. The molecule has 112 valence electrons. The number of sulfonamides is 1. The van der Waals surface area contributed by atoms with Crippen LogP contribution in [0.25, 0.3) is 0 Å². The Hall–Kier alpha value is -0.690. The Kier molecular flexibility index (Phi) is 4.39. The third kappa shape index (κ3) is 2.98.